The number of hydrogen-bond donors (Lipinski definition) is 0. The first-order valence-electron chi connectivity index (χ1n) is 6.80. The predicted molar refractivity (Wildman–Crippen MR) is 94.7 cm³/mol. The zero-order valence-electron chi connectivity index (χ0n) is 14.5. The number of carbonyl (C=O) groups excluding carboxylic acids is 1. The third-order valence-electron chi connectivity index (χ3n) is 2.35. The van der Waals surface area contributed by atoms with Crippen molar-refractivity contribution in [2.24, 2.45) is 4.99 Å². The Morgan fingerprint density at radius 3 is 2.32 bits per heavy atom. The third kappa shape index (κ3) is 15.2. The van der Waals surface area contributed by atoms with Crippen LogP contribution in [0.5, 0.6) is 5.75 Å². The van der Waals surface area contributed by atoms with E-state index in [1.165, 1.54) is 13.8 Å². The number of nitrogens with zero attached hydrogens (tertiary/aromatic N) is 2. The molecule has 0 aliphatic carbocycles. The van der Waals surface area contributed by atoms with E-state index in [2.05, 4.69) is 20.9 Å². The van der Waals surface area contributed by atoms with Crippen molar-refractivity contribution in [1.29, 1.82) is 0 Å². The Morgan fingerprint density at radius 1 is 1.36 bits per heavy atom. The number of allylic oxidation sites excluding steroid dienone is 2. The Labute approximate surface area is 173 Å². The smallest absolute Gasteiger partial charge is 2.00 e. The summed E-state index contributed by atoms with van der Waals surface area (Å²) in [5.41, 5.74) is 0.512. The molecule has 0 saturated carbocycles. The molecule has 0 amide bonds. The van der Waals surface area contributed by atoms with Crippen LogP contribution < -0.4 is 10.2 Å². The molecule has 0 atom stereocenters. The Bertz CT molecular complexity index is 592. The summed E-state index contributed by atoms with van der Waals surface area (Å²) in [6, 6.07) is 3.20. The molecule has 0 unspecified atom stereocenters. The number of likely N-dealkylation sites (N-methyl/N-ethyl adjacent to an activating group) is 1. The molecule has 1 aromatic carbocycles. The maximum absolute atomic E-state index is 11.6. The van der Waals surface area contributed by atoms with E-state index >= 15 is 0 Å². The van der Waals surface area contributed by atoms with Crippen LogP contribution in [0.25, 0.3) is 0 Å². The molecule has 0 bridgehead atoms. The summed E-state index contributed by atoms with van der Waals surface area (Å²) in [5.74, 6) is -0.460. The van der Waals surface area contributed by atoms with Gasteiger partial charge in [-0.1, -0.05) is 40.2 Å². The molecule has 6 nitrogen and oxygen atoms in total. The van der Waals surface area contributed by atoms with Gasteiger partial charge in [-0.25, -0.2) is 0 Å². The second kappa shape index (κ2) is 15.4. The van der Waals surface area contributed by atoms with Crippen LogP contribution in [0.4, 0.5) is 0 Å². The van der Waals surface area contributed by atoms with Gasteiger partial charge in [0.25, 0.3) is 0 Å². The molecule has 0 heterocycles. The van der Waals surface area contributed by atoms with Gasteiger partial charge in [-0.3, -0.25) is 9.79 Å². The minimum absolute atomic E-state index is 0. The van der Waals surface area contributed by atoms with E-state index in [0.717, 1.165) is 12.6 Å². The van der Waals surface area contributed by atoms with Crippen LogP contribution in [-0.2, 0) is 28.8 Å². The Hall–Kier alpha value is -0.826. The van der Waals surface area contributed by atoms with Crippen LogP contribution in [0.1, 0.15) is 19.4 Å². The van der Waals surface area contributed by atoms with E-state index in [1.54, 1.807) is 18.3 Å². The minimum Gasteiger partial charge on any atom is -2.00 e. The van der Waals surface area contributed by atoms with Crippen molar-refractivity contribution >= 4 is 39.5 Å². The van der Waals surface area contributed by atoms with Gasteiger partial charge in [-0.2, -0.15) is 0 Å². The van der Waals surface area contributed by atoms with Crippen LogP contribution in [0, 0.1) is 0 Å². The first-order chi connectivity index (χ1) is 10.6. The number of halogens is 2. The van der Waals surface area contributed by atoms with Gasteiger partial charge >= 0.3 is 18.6 Å². The SMILES string of the molecule is CC(=O)/C=C(/C)[O-].CN(C)CCN=Cc1cc(Cl)cc(Br)c1[O-].[O-2].[V+4]. The Kier molecular flexibility index (Phi) is 17.9. The van der Waals surface area contributed by atoms with Gasteiger partial charge < -0.3 is 20.6 Å². The first-order valence-corrected chi connectivity index (χ1v) is 7.97. The average molecular weight is 471 g/mol. The minimum atomic E-state index is -0.187. The van der Waals surface area contributed by atoms with Crippen molar-refractivity contribution < 1.29 is 39.0 Å². The second-order valence-corrected chi connectivity index (χ2v) is 6.30. The normalized spacial score (nSPS) is 10.6. The van der Waals surface area contributed by atoms with Gasteiger partial charge in [0.15, 0.2) is 5.78 Å². The fraction of sp³-hybridized carbons (Fsp3) is 0.375. The summed E-state index contributed by atoms with van der Waals surface area (Å²) in [4.78, 5) is 16.2. The summed E-state index contributed by atoms with van der Waals surface area (Å²) in [5, 5.41) is 22.1. The summed E-state index contributed by atoms with van der Waals surface area (Å²) in [6.45, 7) is 4.21. The maximum atomic E-state index is 11.6. The number of rotatable bonds is 5. The number of benzene rings is 1. The second-order valence-electron chi connectivity index (χ2n) is 5.01. The van der Waals surface area contributed by atoms with E-state index in [9.17, 15) is 15.0 Å². The standard InChI is InChI=1S/C11H14BrClN2O.C5H8O2.O.V/c1-15(2)4-3-14-7-8-5-9(13)6-10(12)11(8)16;1-4(6)3-5(2)7;;/h5-7,16H,3-4H2,1-2H3;3,6H,1-2H3;;/q;;-2;+4/p-2/b;4-3-;;. The van der Waals surface area contributed by atoms with Gasteiger partial charge in [-0.05, 0) is 44.8 Å². The fourth-order valence-corrected chi connectivity index (χ4v) is 2.22. The zero-order chi connectivity index (χ0) is 18.0. The number of ketones is 1. The molecule has 0 aliphatic rings. The van der Waals surface area contributed by atoms with Crippen LogP contribution in [0.2, 0.25) is 5.02 Å². The van der Waals surface area contributed by atoms with Crippen molar-refractivity contribution in [2.75, 3.05) is 27.2 Å². The molecule has 1 rings (SSSR count). The van der Waals surface area contributed by atoms with Crippen LogP contribution in [0.3, 0.4) is 0 Å². The van der Waals surface area contributed by atoms with Crippen LogP contribution in [-0.4, -0.2) is 44.1 Å². The molecule has 0 fully saturated rings. The molecule has 1 aromatic rings. The van der Waals surface area contributed by atoms with Gasteiger partial charge in [0.1, 0.15) is 0 Å². The van der Waals surface area contributed by atoms with Gasteiger partial charge in [0, 0.05) is 22.3 Å². The summed E-state index contributed by atoms with van der Waals surface area (Å²) in [6.07, 6.45) is 2.63. The summed E-state index contributed by atoms with van der Waals surface area (Å²) < 4.78 is 0.467. The Balaban J connectivity index is -0.000000464. The monoisotopic (exact) mass is 469 g/mol. The zero-order valence-corrected chi connectivity index (χ0v) is 18.2. The van der Waals surface area contributed by atoms with Crippen molar-refractivity contribution in [3.63, 3.8) is 0 Å². The van der Waals surface area contributed by atoms with E-state index in [1.807, 2.05) is 19.0 Å². The van der Waals surface area contributed by atoms with Gasteiger partial charge in [-0.15, -0.1) is 5.76 Å². The van der Waals surface area contributed by atoms with Gasteiger partial charge in [0.2, 0.25) is 0 Å². The van der Waals surface area contributed by atoms with Crippen LogP contribution >= 0.6 is 27.5 Å². The molecule has 137 valence electrons. The van der Waals surface area contributed by atoms with Crippen molar-refractivity contribution in [2.45, 2.75) is 13.8 Å². The first kappa shape index (κ1) is 29.0. The largest absolute Gasteiger partial charge is 4.00 e. The molecular weight excluding hydrogens is 450 g/mol. The molecule has 0 N–H and O–H groups in total. The molecule has 25 heavy (non-hydrogen) atoms. The van der Waals surface area contributed by atoms with E-state index < -0.39 is 0 Å². The quantitative estimate of drug-likeness (QED) is 0.372. The fourth-order valence-electron chi connectivity index (χ4n) is 1.38. The summed E-state index contributed by atoms with van der Waals surface area (Å²) in [7, 11) is 3.95. The topological polar surface area (TPSA) is 107 Å². The number of carbonyl (C=O) groups is 1. The molecule has 1 radical (unpaired) electrons. The van der Waals surface area contributed by atoms with E-state index in [0.29, 0.717) is 21.6 Å². The van der Waals surface area contributed by atoms with Gasteiger partial charge in [0.05, 0.1) is 6.54 Å². The molecular formula is C16H20BrClN2O4V. The Morgan fingerprint density at radius 2 is 1.92 bits per heavy atom. The third-order valence-corrected chi connectivity index (χ3v) is 3.16. The van der Waals surface area contributed by atoms with Crippen LogP contribution in [0.15, 0.2) is 33.4 Å². The molecule has 0 saturated heterocycles. The van der Waals surface area contributed by atoms with Crippen molar-refractivity contribution in [3.05, 3.63) is 39.0 Å². The molecule has 9 heteroatoms. The van der Waals surface area contributed by atoms with Crippen molar-refractivity contribution in [3.8, 4) is 5.75 Å². The average Bonchev–Trinajstić information content (AvgIpc) is 2.38. The molecule has 0 aromatic heterocycles. The maximum Gasteiger partial charge on any atom is 4.00 e. The predicted octanol–water partition coefficient (Wildman–Crippen LogP) is 1.87. The number of hydrogen-bond acceptors (Lipinski definition) is 5. The van der Waals surface area contributed by atoms with E-state index in [4.69, 9.17) is 11.6 Å². The summed E-state index contributed by atoms with van der Waals surface area (Å²) >= 11 is 9.01. The molecule has 0 aliphatic heterocycles. The molecule has 0 spiro atoms. The van der Waals surface area contributed by atoms with Crippen molar-refractivity contribution in [1.82, 2.24) is 4.90 Å². The van der Waals surface area contributed by atoms with E-state index in [-0.39, 0.29) is 41.3 Å². The number of aliphatic imine (C=N–C) groups is 1.